The fourth-order valence-electron chi connectivity index (χ4n) is 2.47. The van der Waals surface area contributed by atoms with E-state index in [4.69, 9.17) is 0 Å². The third-order valence-electron chi connectivity index (χ3n) is 4.03. The number of benzene rings is 2. The highest BCUT2D eigenvalue weighted by atomic mass is 127. The zero-order valence-corrected chi connectivity index (χ0v) is 15.6. The molecule has 0 spiro atoms. The first-order chi connectivity index (χ1) is 11.6. The zero-order chi connectivity index (χ0) is 17.1. The van der Waals surface area contributed by atoms with Crippen molar-refractivity contribution in [3.05, 3.63) is 75.9 Å². The normalized spacial score (nSPS) is 12.0. The standard InChI is InChI=1S/C18H17IN4O/c1-13(22(2)18(24)15-4-3-5-16(19)10-15)14-6-8-17(9-7-14)23-12-20-11-21-23/h3-13H,1-2H3/t13-/m1/s1. The van der Waals surface area contributed by atoms with E-state index in [1.165, 1.54) is 6.33 Å². The molecular formula is C18H17IN4O. The average molecular weight is 432 g/mol. The number of carbonyl (C=O) groups is 1. The van der Waals surface area contributed by atoms with Crippen LogP contribution in [0.25, 0.3) is 5.69 Å². The lowest BCUT2D eigenvalue weighted by Gasteiger charge is -2.25. The maximum Gasteiger partial charge on any atom is 0.254 e. The van der Waals surface area contributed by atoms with Gasteiger partial charge < -0.3 is 4.90 Å². The Morgan fingerprint density at radius 2 is 1.96 bits per heavy atom. The molecule has 0 bridgehead atoms. The van der Waals surface area contributed by atoms with E-state index in [2.05, 4.69) is 32.7 Å². The Morgan fingerprint density at radius 1 is 1.21 bits per heavy atom. The van der Waals surface area contributed by atoms with E-state index in [0.717, 1.165) is 14.8 Å². The Balaban J connectivity index is 1.78. The van der Waals surface area contributed by atoms with Gasteiger partial charge in [0.25, 0.3) is 5.91 Å². The summed E-state index contributed by atoms with van der Waals surface area (Å²) in [6, 6.07) is 15.6. The molecule has 0 aliphatic heterocycles. The summed E-state index contributed by atoms with van der Waals surface area (Å²) < 4.78 is 2.76. The summed E-state index contributed by atoms with van der Waals surface area (Å²) in [7, 11) is 1.83. The van der Waals surface area contributed by atoms with Gasteiger partial charge in [0, 0.05) is 16.2 Å². The van der Waals surface area contributed by atoms with Crippen LogP contribution in [-0.2, 0) is 0 Å². The molecule has 24 heavy (non-hydrogen) atoms. The Hall–Kier alpha value is -2.22. The molecule has 5 nitrogen and oxygen atoms in total. The monoisotopic (exact) mass is 432 g/mol. The SMILES string of the molecule is C[C@H](c1ccc(-n2cncn2)cc1)N(C)C(=O)c1cccc(I)c1. The highest BCUT2D eigenvalue weighted by Crippen LogP contribution is 2.22. The maximum absolute atomic E-state index is 12.7. The number of rotatable bonds is 4. The summed E-state index contributed by atoms with van der Waals surface area (Å²) in [5.74, 6) is 0.0152. The van der Waals surface area contributed by atoms with E-state index < -0.39 is 0 Å². The molecule has 0 aliphatic carbocycles. The van der Waals surface area contributed by atoms with Crippen LogP contribution in [0.15, 0.2) is 61.2 Å². The summed E-state index contributed by atoms with van der Waals surface area (Å²) in [6.07, 6.45) is 3.16. The Kier molecular flexibility index (Phi) is 4.94. The van der Waals surface area contributed by atoms with Crippen LogP contribution < -0.4 is 0 Å². The highest BCUT2D eigenvalue weighted by molar-refractivity contribution is 14.1. The van der Waals surface area contributed by atoms with Crippen molar-refractivity contribution in [1.82, 2.24) is 19.7 Å². The van der Waals surface area contributed by atoms with Gasteiger partial charge in [0.15, 0.2) is 0 Å². The molecule has 0 saturated carbocycles. The van der Waals surface area contributed by atoms with Crippen LogP contribution in [0.1, 0.15) is 28.9 Å². The first kappa shape index (κ1) is 16.6. The molecule has 0 aliphatic rings. The quantitative estimate of drug-likeness (QED) is 0.591. The van der Waals surface area contributed by atoms with Gasteiger partial charge in [-0.2, -0.15) is 5.10 Å². The van der Waals surface area contributed by atoms with E-state index in [-0.39, 0.29) is 11.9 Å². The molecular weight excluding hydrogens is 415 g/mol. The largest absolute Gasteiger partial charge is 0.335 e. The Morgan fingerprint density at radius 3 is 2.58 bits per heavy atom. The molecule has 1 atom stereocenters. The number of hydrogen-bond donors (Lipinski definition) is 0. The van der Waals surface area contributed by atoms with Crippen LogP contribution in [0, 0.1) is 3.57 Å². The van der Waals surface area contributed by atoms with Crippen LogP contribution in [-0.4, -0.2) is 32.6 Å². The molecule has 1 aromatic heterocycles. The van der Waals surface area contributed by atoms with Crippen LogP contribution in [0.5, 0.6) is 0 Å². The predicted octanol–water partition coefficient (Wildman–Crippen LogP) is 3.71. The van der Waals surface area contributed by atoms with E-state index in [0.29, 0.717) is 5.56 Å². The van der Waals surface area contributed by atoms with Gasteiger partial charge in [-0.05, 0) is 65.4 Å². The van der Waals surface area contributed by atoms with Crippen molar-refractivity contribution in [2.75, 3.05) is 7.05 Å². The lowest BCUT2D eigenvalue weighted by atomic mass is 10.1. The molecule has 0 unspecified atom stereocenters. The topological polar surface area (TPSA) is 51.0 Å². The first-order valence-electron chi connectivity index (χ1n) is 7.54. The molecule has 3 rings (SSSR count). The molecule has 0 radical (unpaired) electrons. The number of carbonyl (C=O) groups excluding carboxylic acids is 1. The third kappa shape index (κ3) is 3.48. The second-order valence-corrected chi connectivity index (χ2v) is 6.78. The molecule has 0 fully saturated rings. The summed E-state index contributed by atoms with van der Waals surface area (Å²) in [6.45, 7) is 2.02. The number of halogens is 1. The lowest BCUT2D eigenvalue weighted by molar-refractivity contribution is 0.0742. The highest BCUT2D eigenvalue weighted by Gasteiger charge is 2.19. The van der Waals surface area contributed by atoms with Crippen LogP contribution in [0.3, 0.4) is 0 Å². The fraction of sp³-hybridized carbons (Fsp3) is 0.167. The number of nitrogens with zero attached hydrogens (tertiary/aromatic N) is 4. The molecule has 122 valence electrons. The van der Waals surface area contributed by atoms with Crippen LogP contribution in [0.2, 0.25) is 0 Å². The molecule has 1 amide bonds. The van der Waals surface area contributed by atoms with E-state index >= 15 is 0 Å². The average Bonchev–Trinajstić information content (AvgIpc) is 3.14. The fourth-order valence-corrected chi connectivity index (χ4v) is 3.01. The third-order valence-corrected chi connectivity index (χ3v) is 4.70. The van der Waals surface area contributed by atoms with Gasteiger partial charge >= 0.3 is 0 Å². The summed E-state index contributed by atoms with van der Waals surface area (Å²) in [5, 5.41) is 4.11. The van der Waals surface area contributed by atoms with Gasteiger partial charge in [0.1, 0.15) is 12.7 Å². The molecule has 6 heteroatoms. The number of hydrogen-bond acceptors (Lipinski definition) is 3. The van der Waals surface area contributed by atoms with E-state index in [1.54, 1.807) is 15.9 Å². The minimum atomic E-state index is -0.0276. The second kappa shape index (κ2) is 7.12. The summed E-state index contributed by atoms with van der Waals surface area (Å²) >= 11 is 2.22. The van der Waals surface area contributed by atoms with Crippen molar-refractivity contribution in [2.45, 2.75) is 13.0 Å². The molecule has 3 aromatic rings. The van der Waals surface area contributed by atoms with Crippen molar-refractivity contribution in [3.63, 3.8) is 0 Å². The van der Waals surface area contributed by atoms with Crippen molar-refractivity contribution in [2.24, 2.45) is 0 Å². The van der Waals surface area contributed by atoms with Crippen molar-refractivity contribution in [1.29, 1.82) is 0 Å². The van der Waals surface area contributed by atoms with Gasteiger partial charge in [0.05, 0.1) is 11.7 Å². The van der Waals surface area contributed by atoms with E-state index in [1.807, 2.05) is 62.5 Å². The molecule has 2 aromatic carbocycles. The van der Waals surface area contributed by atoms with Crippen molar-refractivity contribution in [3.8, 4) is 5.69 Å². The molecule has 0 saturated heterocycles. The van der Waals surface area contributed by atoms with Gasteiger partial charge in [-0.1, -0.05) is 18.2 Å². The smallest absolute Gasteiger partial charge is 0.254 e. The zero-order valence-electron chi connectivity index (χ0n) is 13.4. The summed E-state index contributed by atoms with van der Waals surface area (Å²) in [5.41, 5.74) is 2.71. The summed E-state index contributed by atoms with van der Waals surface area (Å²) in [4.78, 5) is 18.4. The van der Waals surface area contributed by atoms with Crippen LogP contribution >= 0.6 is 22.6 Å². The Labute approximate surface area is 154 Å². The number of aromatic nitrogens is 3. The molecule has 1 heterocycles. The maximum atomic E-state index is 12.7. The van der Waals surface area contributed by atoms with Gasteiger partial charge in [0.2, 0.25) is 0 Å². The van der Waals surface area contributed by atoms with Gasteiger partial charge in [-0.15, -0.1) is 0 Å². The minimum absolute atomic E-state index is 0.0152. The molecule has 0 N–H and O–H groups in total. The minimum Gasteiger partial charge on any atom is -0.335 e. The van der Waals surface area contributed by atoms with Crippen LogP contribution in [0.4, 0.5) is 0 Å². The number of amides is 1. The second-order valence-electron chi connectivity index (χ2n) is 5.53. The van der Waals surface area contributed by atoms with Crippen molar-refractivity contribution < 1.29 is 4.79 Å². The van der Waals surface area contributed by atoms with Crippen molar-refractivity contribution >= 4 is 28.5 Å². The Bertz CT molecular complexity index is 830. The first-order valence-corrected chi connectivity index (χ1v) is 8.62. The predicted molar refractivity (Wildman–Crippen MR) is 101 cm³/mol. The van der Waals surface area contributed by atoms with Gasteiger partial charge in [-0.25, -0.2) is 9.67 Å². The van der Waals surface area contributed by atoms with E-state index in [9.17, 15) is 4.79 Å². The lowest BCUT2D eigenvalue weighted by Crippen LogP contribution is -2.29. The van der Waals surface area contributed by atoms with Gasteiger partial charge in [-0.3, -0.25) is 4.79 Å².